The molecule has 0 aliphatic rings. The van der Waals surface area contributed by atoms with Crippen LogP contribution in [0.1, 0.15) is 17.3 Å². The molecular weight excluding hydrogens is 211 g/mol. The van der Waals surface area contributed by atoms with Gasteiger partial charge in [0.25, 0.3) is 0 Å². The van der Waals surface area contributed by atoms with E-state index in [1.165, 1.54) is 30.4 Å². The maximum Gasteiger partial charge on any atom is 0.159 e. The number of ketones is 1. The normalized spacial score (nSPS) is 10.3. The number of thiophene rings is 1. The lowest BCUT2D eigenvalue weighted by Crippen LogP contribution is -1.93. The van der Waals surface area contributed by atoms with E-state index in [2.05, 4.69) is 0 Å². The molecule has 1 nitrogen and oxygen atoms in total. The lowest BCUT2D eigenvalue weighted by Gasteiger charge is -2.02. The van der Waals surface area contributed by atoms with E-state index in [1.54, 1.807) is 6.07 Å². The fourth-order valence-corrected chi connectivity index (χ4v) is 2.11. The standard InChI is InChI=1S/C12H9FOS/c1-8(14)9-4-5-11(13)10(7-9)12-3-2-6-15-12/h2-7H,1H3. The molecule has 0 N–H and O–H groups in total. The summed E-state index contributed by atoms with van der Waals surface area (Å²) in [5.74, 6) is -0.338. The monoisotopic (exact) mass is 220 g/mol. The molecule has 3 heteroatoms. The van der Waals surface area contributed by atoms with Crippen molar-refractivity contribution in [2.75, 3.05) is 0 Å². The minimum atomic E-state index is -0.289. The fourth-order valence-electron chi connectivity index (χ4n) is 1.36. The SMILES string of the molecule is CC(=O)c1ccc(F)c(-c2cccs2)c1. The van der Waals surface area contributed by atoms with Crippen molar-refractivity contribution in [3.05, 3.63) is 47.1 Å². The van der Waals surface area contributed by atoms with Crippen molar-refractivity contribution in [2.45, 2.75) is 6.92 Å². The Balaban J connectivity index is 2.55. The van der Waals surface area contributed by atoms with Crippen LogP contribution in [0.4, 0.5) is 4.39 Å². The molecule has 0 spiro atoms. The first kappa shape index (κ1) is 10.1. The van der Waals surface area contributed by atoms with Gasteiger partial charge >= 0.3 is 0 Å². The number of rotatable bonds is 2. The zero-order valence-electron chi connectivity index (χ0n) is 8.16. The van der Waals surface area contributed by atoms with Gasteiger partial charge in [-0.3, -0.25) is 4.79 Å². The first-order chi connectivity index (χ1) is 7.18. The molecule has 0 aliphatic heterocycles. The topological polar surface area (TPSA) is 17.1 Å². The number of benzene rings is 1. The third kappa shape index (κ3) is 1.97. The van der Waals surface area contributed by atoms with Gasteiger partial charge in [-0.25, -0.2) is 4.39 Å². The molecule has 0 saturated carbocycles. The highest BCUT2D eigenvalue weighted by Crippen LogP contribution is 2.28. The Morgan fingerprint density at radius 2 is 2.13 bits per heavy atom. The summed E-state index contributed by atoms with van der Waals surface area (Å²) in [7, 11) is 0. The smallest absolute Gasteiger partial charge is 0.159 e. The molecular formula is C12H9FOS. The molecule has 0 aliphatic carbocycles. The lowest BCUT2D eigenvalue weighted by molar-refractivity contribution is 0.101. The Labute approximate surface area is 91.2 Å². The van der Waals surface area contributed by atoms with Crippen molar-refractivity contribution >= 4 is 17.1 Å². The van der Waals surface area contributed by atoms with Crippen molar-refractivity contribution < 1.29 is 9.18 Å². The maximum absolute atomic E-state index is 13.5. The Morgan fingerprint density at radius 1 is 1.33 bits per heavy atom. The number of hydrogen-bond acceptors (Lipinski definition) is 2. The predicted molar refractivity (Wildman–Crippen MR) is 59.7 cm³/mol. The van der Waals surface area contributed by atoms with Crippen LogP contribution in [0.15, 0.2) is 35.7 Å². The molecule has 1 heterocycles. The van der Waals surface area contributed by atoms with E-state index in [4.69, 9.17) is 0 Å². The molecule has 0 fully saturated rings. The minimum Gasteiger partial charge on any atom is -0.295 e. The number of carbonyl (C=O) groups excluding carboxylic acids is 1. The van der Waals surface area contributed by atoms with E-state index >= 15 is 0 Å². The average molecular weight is 220 g/mol. The van der Waals surface area contributed by atoms with Crippen LogP contribution >= 0.6 is 11.3 Å². The maximum atomic E-state index is 13.5. The molecule has 0 bridgehead atoms. The molecule has 0 radical (unpaired) electrons. The Morgan fingerprint density at radius 3 is 2.73 bits per heavy atom. The van der Waals surface area contributed by atoms with Gasteiger partial charge in [-0.1, -0.05) is 6.07 Å². The number of halogens is 1. The highest BCUT2D eigenvalue weighted by atomic mass is 32.1. The zero-order chi connectivity index (χ0) is 10.8. The van der Waals surface area contributed by atoms with Gasteiger partial charge in [-0.15, -0.1) is 11.3 Å². The van der Waals surface area contributed by atoms with Crippen LogP contribution in [0.25, 0.3) is 10.4 Å². The predicted octanol–water partition coefficient (Wildman–Crippen LogP) is 3.76. The van der Waals surface area contributed by atoms with Crippen LogP contribution in [-0.2, 0) is 0 Å². The molecule has 0 atom stereocenters. The quantitative estimate of drug-likeness (QED) is 0.704. The van der Waals surface area contributed by atoms with E-state index in [-0.39, 0.29) is 11.6 Å². The van der Waals surface area contributed by atoms with Crippen LogP contribution in [0, 0.1) is 5.82 Å². The van der Waals surface area contributed by atoms with Crippen LogP contribution in [0.5, 0.6) is 0 Å². The van der Waals surface area contributed by atoms with Crippen LogP contribution < -0.4 is 0 Å². The average Bonchev–Trinajstić information content (AvgIpc) is 2.71. The summed E-state index contributed by atoms with van der Waals surface area (Å²) in [4.78, 5) is 12.0. The van der Waals surface area contributed by atoms with Gasteiger partial charge < -0.3 is 0 Å². The molecule has 0 amide bonds. The van der Waals surface area contributed by atoms with Gasteiger partial charge in [0.1, 0.15) is 5.82 Å². The van der Waals surface area contributed by atoms with Crippen molar-refractivity contribution in [2.24, 2.45) is 0 Å². The zero-order valence-corrected chi connectivity index (χ0v) is 8.98. The molecule has 0 saturated heterocycles. The second kappa shape index (κ2) is 3.95. The summed E-state index contributed by atoms with van der Waals surface area (Å²) >= 11 is 1.46. The molecule has 2 aromatic rings. The summed E-state index contributed by atoms with van der Waals surface area (Å²) in [5, 5.41) is 1.88. The minimum absolute atomic E-state index is 0.0483. The van der Waals surface area contributed by atoms with E-state index in [0.29, 0.717) is 11.1 Å². The van der Waals surface area contributed by atoms with Gasteiger partial charge in [0.05, 0.1) is 0 Å². The second-order valence-electron chi connectivity index (χ2n) is 3.23. The largest absolute Gasteiger partial charge is 0.295 e. The summed E-state index contributed by atoms with van der Waals surface area (Å²) in [6.07, 6.45) is 0. The third-order valence-corrected chi connectivity index (χ3v) is 3.06. The Bertz CT molecular complexity index is 488. The lowest BCUT2D eigenvalue weighted by atomic mass is 10.1. The Hall–Kier alpha value is -1.48. The third-order valence-electron chi connectivity index (χ3n) is 2.16. The number of carbonyl (C=O) groups is 1. The van der Waals surface area contributed by atoms with Gasteiger partial charge in [0.15, 0.2) is 5.78 Å². The van der Waals surface area contributed by atoms with Crippen molar-refractivity contribution in [3.63, 3.8) is 0 Å². The highest BCUT2D eigenvalue weighted by Gasteiger charge is 2.08. The molecule has 2 rings (SSSR count). The number of hydrogen-bond donors (Lipinski definition) is 0. The molecule has 1 aromatic carbocycles. The van der Waals surface area contributed by atoms with E-state index in [1.807, 2.05) is 17.5 Å². The van der Waals surface area contributed by atoms with Gasteiger partial charge in [0, 0.05) is 16.0 Å². The number of Topliss-reactive ketones (excluding diaryl/α,β-unsaturated/α-hetero) is 1. The summed E-state index contributed by atoms with van der Waals surface area (Å²) in [5.41, 5.74) is 1.04. The highest BCUT2D eigenvalue weighted by molar-refractivity contribution is 7.13. The van der Waals surface area contributed by atoms with Crippen molar-refractivity contribution in [3.8, 4) is 10.4 Å². The first-order valence-electron chi connectivity index (χ1n) is 4.53. The van der Waals surface area contributed by atoms with Crippen LogP contribution in [0.2, 0.25) is 0 Å². The first-order valence-corrected chi connectivity index (χ1v) is 5.41. The van der Waals surface area contributed by atoms with Crippen LogP contribution in [-0.4, -0.2) is 5.78 Å². The second-order valence-corrected chi connectivity index (χ2v) is 4.18. The van der Waals surface area contributed by atoms with E-state index in [9.17, 15) is 9.18 Å². The Kier molecular flexibility index (Phi) is 2.64. The van der Waals surface area contributed by atoms with E-state index in [0.717, 1.165) is 4.88 Å². The summed E-state index contributed by atoms with van der Waals surface area (Å²) in [6, 6.07) is 8.15. The fraction of sp³-hybridized carbons (Fsp3) is 0.0833. The van der Waals surface area contributed by atoms with E-state index < -0.39 is 0 Å². The van der Waals surface area contributed by atoms with Gasteiger partial charge in [0.2, 0.25) is 0 Å². The van der Waals surface area contributed by atoms with Crippen molar-refractivity contribution in [1.29, 1.82) is 0 Å². The summed E-state index contributed by atoms with van der Waals surface area (Å²) < 4.78 is 13.5. The van der Waals surface area contributed by atoms with Gasteiger partial charge in [-0.2, -0.15) is 0 Å². The van der Waals surface area contributed by atoms with Crippen LogP contribution in [0.3, 0.4) is 0 Å². The molecule has 15 heavy (non-hydrogen) atoms. The van der Waals surface area contributed by atoms with Gasteiger partial charge in [-0.05, 0) is 36.6 Å². The molecule has 0 unspecified atom stereocenters. The molecule has 76 valence electrons. The van der Waals surface area contributed by atoms with Crippen molar-refractivity contribution in [1.82, 2.24) is 0 Å². The molecule has 1 aromatic heterocycles. The summed E-state index contributed by atoms with van der Waals surface area (Å²) in [6.45, 7) is 1.48.